The SMILES string of the molecule is C=Cc1ccnc(N2CCCC2)c1. The molecule has 0 aromatic carbocycles. The van der Waals surface area contributed by atoms with Gasteiger partial charge in [-0.05, 0) is 30.5 Å². The standard InChI is InChI=1S/C11H14N2/c1-2-10-5-6-12-11(9-10)13-7-3-4-8-13/h2,5-6,9H,1,3-4,7-8H2. The molecule has 2 nitrogen and oxygen atoms in total. The zero-order valence-corrected chi connectivity index (χ0v) is 7.74. The molecule has 1 saturated heterocycles. The Labute approximate surface area is 78.9 Å². The molecule has 1 aliphatic heterocycles. The zero-order valence-electron chi connectivity index (χ0n) is 7.74. The number of hydrogen-bond acceptors (Lipinski definition) is 2. The summed E-state index contributed by atoms with van der Waals surface area (Å²) >= 11 is 0. The predicted octanol–water partition coefficient (Wildman–Crippen LogP) is 2.32. The van der Waals surface area contributed by atoms with Crippen molar-refractivity contribution in [2.24, 2.45) is 0 Å². The number of anilines is 1. The first-order valence-corrected chi connectivity index (χ1v) is 4.73. The Morgan fingerprint density at radius 1 is 1.38 bits per heavy atom. The minimum absolute atomic E-state index is 1.09. The Kier molecular flexibility index (Phi) is 2.30. The van der Waals surface area contributed by atoms with Gasteiger partial charge >= 0.3 is 0 Å². The molecule has 0 unspecified atom stereocenters. The van der Waals surface area contributed by atoms with Crippen molar-refractivity contribution in [2.75, 3.05) is 18.0 Å². The van der Waals surface area contributed by atoms with Crippen molar-refractivity contribution >= 4 is 11.9 Å². The first-order chi connectivity index (χ1) is 6.40. The monoisotopic (exact) mass is 174 g/mol. The lowest BCUT2D eigenvalue weighted by atomic mass is 10.2. The average molecular weight is 174 g/mol. The highest BCUT2D eigenvalue weighted by Crippen LogP contribution is 2.18. The minimum atomic E-state index is 1.09. The Balaban J connectivity index is 2.23. The van der Waals surface area contributed by atoms with E-state index in [2.05, 4.69) is 22.5 Å². The molecular weight excluding hydrogens is 160 g/mol. The van der Waals surface area contributed by atoms with E-state index in [0.29, 0.717) is 0 Å². The van der Waals surface area contributed by atoms with Crippen LogP contribution in [0.25, 0.3) is 6.08 Å². The molecule has 0 aliphatic carbocycles. The highest BCUT2D eigenvalue weighted by atomic mass is 15.2. The average Bonchev–Trinajstić information content (AvgIpc) is 2.71. The Hall–Kier alpha value is -1.31. The third-order valence-corrected chi connectivity index (χ3v) is 2.44. The molecule has 0 atom stereocenters. The molecule has 1 aliphatic rings. The lowest BCUT2D eigenvalue weighted by Gasteiger charge is -2.16. The van der Waals surface area contributed by atoms with E-state index in [1.807, 2.05) is 18.3 Å². The zero-order chi connectivity index (χ0) is 9.10. The molecular formula is C11H14N2. The molecule has 0 bridgehead atoms. The summed E-state index contributed by atoms with van der Waals surface area (Å²) in [6.45, 7) is 6.05. The number of hydrogen-bond donors (Lipinski definition) is 0. The van der Waals surface area contributed by atoms with Crippen LogP contribution in [0, 0.1) is 0 Å². The fourth-order valence-electron chi connectivity index (χ4n) is 1.68. The molecule has 0 saturated carbocycles. The van der Waals surface area contributed by atoms with E-state index in [9.17, 15) is 0 Å². The Morgan fingerprint density at radius 2 is 2.15 bits per heavy atom. The second-order valence-corrected chi connectivity index (χ2v) is 3.35. The summed E-state index contributed by atoms with van der Waals surface area (Å²) < 4.78 is 0. The third kappa shape index (κ3) is 1.72. The van der Waals surface area contributed by atoms with Gasteiger partial charge in [-0.25, -0.2) is 4.98 Å². The third-order valence-electron chi connectivity index (χ3n) is 2.44. The van der Waals surface area contributed by atoms with Crippen LogP contribution in [0.5, 0.6) is 0 Å². The second kappa shape index (κ2) is 3.60. The van der Waals surface area contributed by atoms with Gasteiger partial charge in [0, 0.05) is 19.3 Å². The van der Waals surface area contributed by atoms with Crippen LogP contribution in [0.15, 0.2) is 24.9 Å². The van der Waals surface area contributed by atoms with E-state index in [-0.39, 0.29) is 0 Å². The molecule has 1 fully saturated rings. The van der Waals surface area contributed by atoms with Crippen LogP contribution in [-0.2, 0) is 0 Å². The summed E-state index contributed by atoms with van der Waals surface area (Å²) in [5.74, 6) is 1.09. The van der Waals surface area contributed by atoms with E-state index in [1.54, 1.807) is 0 Å². The van der Waals surface area contributed by atoms with Crippen LogP contribution in [0.1, 0.15) is 18.4 Å². The van der Waals surface area contributed by atoms with E-state index in [4.69, 9.17) is 0 Å². The molecule has 1 aromatic rings. The molecule has 2 heterocycles. The summed E-state index contributed by atoms with van der Waals surface area (Å²) in [6, 6.07) is 4.07. The van der Waals surface area contributed by atoms with Gasteiger partial charge in [0.2, 0.25) is 0 Å². The van der Waals surface area contributed by atoms with Crippen molar-refractivity contribution in [1.82, 2.24) is 4.98 Å². The number of rotatable bonds is 2. The molecule has 0 spiro atoms. The molecule has 2 heteroatoms. The summed E-state index contributed by atoms with van der Waals surface area (Å²) in [5.41, 5.74) is 1.15. The van der Waals surface area contributed by atoms with E-state index >= 15 is 0 Å². The van der Waals surface area contributed by atoms with Crippen molar-refractivity contribution in [1.29, 1.82) is 0 Å². The van der Waals surface area contributed by atoms with Crippen LogP contribution >= 0.6 is 0 Å². The molecule has 2 rings (SSSR count). The predicted molar refractivity (Wildman–Crippen MR) is 55.8 cm³/mol. The summed E-state index contributed by atoms with van der Waals surface area (Å²) in [4.78, 5) is 6.67. The highest BCUT2D eigenvalue weighted by Gasteiger charge is 2.12. The molecule has 1 aromatic heterocycles. The van der Waals surface area contributed by atoms with Gasteiger partial charge < -0.3 is 4.90 Å². The fourth-order valence-corrected chi connectivity index (χ4v) is 1.68. The van der Waals surface area contributed by atoms with Crippen LogP contribution in [0.2, 0.25) is 0 Å². The molecule has 68 valence electrons. The van der Waals surface area contributed by atoms with Crippen LogP contribution in [0.3, 0.4) is 0 Å². The van der Waals surface area contributed by atoms with Crippen molar-refractivity contribution in [3.63, 3.8) is 0 Å². The number of nitrogens with zero attached hydrogens (tertiary/aromatic N) is 2. The van der Waals surface area contributed by atoms with Gasteiger partial charge in [0.25, 0.3) is 0 Å². The van der Waals surface area contributed by atoms with Crippen LogP contribution < -0.4 is 4.90 Å². The van der Waals surface area contributed by atoms with Crippen molar-refractivity contribution in [2.45, 2.75) is 12.8 Å². The van der Waals surface area contributed by atoms with Crippen molar-refractivity contribution < 1.29 is 0 Å². The molecule has 0 amide bonds. The lowest BCUT2D eigenvalue weighted by Crippen LogP contribution is -2.18. The fraction of sp³-hybridized carbons (Fsp3) is 0.364. The van der Waals surface area contributed by atoms with E-state index in [0.717, 1.165) is 24.5 Å². The largest absolute Gasteiger partial charge is 0.357 e. The minimum Gasteiger partial charge on any atom is -0.357 e. The number of pyridine rings is 1. The van der Waals surface area contributed by atoms with E-state index in [1.165, 1.54) is 12.8 Å². The van der Waals surface area contributed by atoms with Crippen LogP contribution in [-0.4, -0.2) is 18.1 Å². The van der Waals surface area contributed by atoms with Crippen molar-refractivity contribution in [3.05, 3.63) is 30.5 Å². The normalized spacial score (nSPS) is 16.2. The lowest BCUT2D eigenvalue weighted by molar-refractivity contribution is 0.937. The van der Waals surface area contributed by atoms with Gasteiger partial charge in [-0.15, -0.1) is 0 Å². The summed E-state index contributed by atoms with van der Waals surface area (Å²) in [5, 5.41) is 0. The molecule has 13 heavy (non-hydrogen) atoms. The smallest absolute Gasteiger partial charge is 0.129 e. The van der Waals surface area contributed by atoms with Gasteiger partial charge in [0.15, 0.2) is 0 Å². The highest BCUT2D eigenvalue weighted by molar-refractivity contribution is 5.53. The quantitative estimate of drug-likeness (QED) is 0.684. The molecule has 0 radical (unpaired) electrons. The van der Waals surface area contributed by atoms with E-state index < -0.39 is 0 Å². The Bertz CT molecular complexity index is 301. The maximum absolute atomic E-state index is 4.35. The summed E-state index contributed by atoms with van der Waals surface area (Å²) in [6.07, 6.45) is 6.30. The van der Waals surface area contributed by atoms with Gasteiger partial charge in [0.1, 0.15) is 5.82 Å². The summed E-state index contributed by atoms with van der Waals surface area (Å²) in [7, 11) is 0. The van der Waals surface area contributed by atoms with Gasteiger partial charge in [0.05, 0.1) is 0 Å². The maximum Gasteiger partial charge on any atom is 0.129 e. The van der Waals surface area contributed by atoms with Gasteiger partial charge in [-0.2, -0.15) is 0 Å². The second-order valence-electron chi connectivity index (χ2n) is 3.35. The van der Waals surface area contributed by atoms with Gasteiger partial charge in [-0.3, -0.25) is 0 Å². The Morgan fingerprint density at radius 3 is 2.85 bits per heavy atom. The maximum atomic E-state index is 4.35. The van der Waals surface area contributed by atoms with Crippen molar-refractivity contribution in [3.8, 4) is 0 Å². The first-order valence-electron chi connectivity index (χ1n) is 4.73. The molecule has 0 N–H and O–H groups in total. The number of aromatic nitrogens is 1. The van der Waals surface area contributed by atoms with Crippen LogP contribution in [0.4, 0.5) is 5.82 Å². The first kappa shape index (κ1) is 8.30. The topological polar surface area (TPSA) is 16.1 Å². The van der Waals surface area contributed by atoms with Gasteiger partial charge in [-0.1, -0.05) is 12.7 Å².